The Morgan fingerprint density at radius 2 is 2.22 bits per heavy atom. The van der Waals surface area contributed by atoms with Crippen LogP contribution in [-0.4, -0.2) is 41.2 Å². The zero-order valence-electron chi connectivity index (χ0n) is 10.5. The van der Waals surface area contributed by atoms with Crippen molar-refractivity contribution in [1.82, 2.24) is 10.3 Å². The zero-order valence-corrected chi connectivity index (χ0v) is 11.3. The monoisotopic (exact) mass is 272 g/mol. The van der Waals surface area contributed by atoms with Gasteiger partial charge in [-0.05, 0) is 13.8 Å². The Kier molecular flexibility index (Phi) is 4.80. The zero-order chi connectivity index (χ0) is 13.8. The number of nitrogens with zero attached hydrogens (tertiary/aromatic N) is 1. The minimum atomic E-state index is -1.04. The van der Waals surface area contributed by atoms with E-state index < -0.39 is 11.6 Å². The van der Waals surface area contributed by atoms with Crippen molar-refractivity contribution in [2.75, 3.05) is 13.7 Å². The summed E-state index contributed by atoms with van der Waals surface area (Å²) < 4.78 is 5.04. The van der Waals surface area contributed by atoms with Crippen molar-refractivity contribution in [2.24, 2.45) is 0 Å². The molecule has 0 radical (unpaired) electrons. The summed E-state index contributed by atoms with van der Waals surface area (Å²) in [5.41, 5.74) is -0.826. The topological polar surface area (TPSA) is 88.5 Å². The Morgan fingerprint density at radius 1 is 1.56 bits per heavy atom. The molecular weight excluding hydrogens is 256 g/mol. The van der Waals surface area contributed by atoms with Gasteiger partial charge in [0.1, 0.15) is 5.60 Å². The molecule has 1 rings (SSSR count). The largest absolute Gasteiger partial charge is 0.476 e. The number of nitrogens with one attached hydrogen (secondary N) is 1. The standard InChI is InChI=1S/C11H16N2O4S/c1-11(2,17-3)10(16)12-5-4-8-13-7(6-18-8)9(14)15/h6H,4-5H2,1-3H3,(H,12,16)(H,14,15). The summed E-state index contributed by atoms with van der Waals surface area (Å²) in [5.74, 6) is -1.25. The number of methoxy groups -OCH3 is 1. The first-order valence-electron chi connectivity index (χ1n) is 5.38. The Morgan fingerprint density at radius 3 is 2.72 bits per heavy atom. The maximum Gasteiger partial charge on any atom is 0.355 e. The van der Waals surface area contributed by atoms with E-state index in [9.17, 15) is 9.59 Å². The molecule has 0 fully saturated rings. The summed E-state index contributed by atoms with van der Waals surface area (Å²) in [4.78, 5) is 26.2. The van der Waals surface area contributed by atoms with Crippen molar-refractivity contribution >= 4 is 23.2 Å². The van der Waals surface area contributed by atoms with Crippen LogP contribution in [-0.2, 0) is 16.0 Å². The molecule has 0 spiro atoms. The number of rotatable bonds is 6. The first kappa shape index (κ1) is 14.6. The van der Waals surface area contributed by atoms with Gasteiger partial charge in [0, 0.05) is 25.5 Å². The highest BCUT2D eigenvalue weighted by atomic mass is 32.1. The van der Waals surface area contributed by atoms with Gasteiger partial charge >= 0.3 is 5.97 Å². The number of carbonyl (C=O) groups excluding carboxylic acids is 1. The molecule has 0 saturated carbocycles. The van der Waals surface area contributed by atoms with Gasteiger partial charge in [-0.2, -0.15) is 0 Å². The van der Waals surface area contributed by atoms with E-state index >= 15 is 0 Å². The van der Waals surface area contributed by atoms with E-state index in [1.807, 2.05) is 0 Å². The van der Waals surface area contributed by atoms with Gasteiger partial charge in [-0.25, -0.2) is 9.78 Å². The van der Waals surface area contributed by atoms with Crippen LogP contribution in [0.1, 0.15) is 29.3 Å². The van der Waals surface area contributed by atoms with Gasteiger partial charge in [-0.1, -0.05) is 0 Å². The predicted octanol–water partition coefficient (Wildman–Crippen LogP) is 0.925. The minimum absolute atomic E-state index is 0.0403. The Balaban J connectivity index is 2.42. The van der Waals surface area contributed by atoms with Crippen molar-refractivity contribution < 1.29 is 19.4 Å². The molecule has 6 nitrogen and oxygen atoms in total. The van der Waals surface area contributed by atoms with Gasteiger partial charge in [0.05, 0.1) is 5.01 Å². The highest BCUT2D eigenvalue weighted by molar-refractivity contribution is 7.09. The third kappa shape index (κ3) is 3.78. The van der Waals surface area contributed by atoms with Crippen LogP contribution in [0.2, 0.25) is 0 Å². The third-order valence-electron chi connectivity index (χ3n) is 2.45. The molecule has 0 saturated heterocycles. The van der Waals surface area contributed by atoms with Crippen LogP contribution < -0.4 is 5.32 Å². The van der Waals surface area contributed by atoms with Crippen LogP contribution in [0.3, 0.4) is 0 Å². The van der Waals surface area contributed by atoms with Gasteiger partial charge < -0.3 is 15.2 Å². The van der Waals surface area contributed by atoms with Crippen LogP contribution in [0.25, 0.3) is 0 Å². The van der Waals surface area contributed by atoms with Crippen molar-refractivity contribution in [3.8, 4) is 0 Å². The summed E-state index contributed by atoms with van der Waals surface area (Å²) >= 11 is 1.27. The average Bonchev–Trinajstić information content (AvgIpc) is 2.77. The number of carboxylic acid groups (broad SMARTS) is 1. The van der Waals surface area contributed by atoms with Gasteiger partial charge in [-0.3, -0.25) is 4.79 Å². The quantitative estimate of drug-likeness (QED) is 0.804. The third-order valence-corrected chi connectivity index (χ3v) is 3.36. The second-order valence-corrected chi connectivity index (χ2v) is 5.09. The summed E-state index contributed by atoms with van der Waals surface area (Å²) in [6, 6.07) is 0. The molecule has 7 heteroatoms. The van der Waals surface area contributed by atoms with E-state index in [4.69, 9.17) is 9.84 Å². The SMILES string of the molecule is COC(C)(C)C(=O)NCCc1nc(C(=O)O)cs1. The lowest BCUT2D eigenvalue weighted by Gasteiger charge is -2.21. The fraction of sp³-hybridized carbons (Fsp3) is 0.545. The highest BCUT2D eigenvalue weighted by Crippen LogP contribution is 2.10. The number of thiazole rings is 1. The van der Waals surface area contributed by atoms with E-state index in [0.717, 1.165) is 0 Å². The Labute approximate surface area is 109 Å². The molecule has 2 N–H and O–H groups in total. The number of carbonyl (C=O) groups is 2. The van der Waals surface area contributed by atoms with E-state index in [0.29, 0.717) is 18.0 Å². The number of hydrogen-bond donors (Lipinski definition) is 2. The normalized spacial score (nSPS) is 11.3. The number of aromatic carboxylic acids is 1. The number of amides is 1. The number of ether oxygens (including phenoxy) is 1. The molecule has 0 aliphatic rings. The summed E-state index contributed by atoms with van der Waals surface area (Å²) in [5, 5.41) is 13.6. The number of carboxylic acids is 1. The summed E-state index contributed by atoms with van der Waals surface area (Å²) in [7, 11) is 1.47. The van der Waals surface area contributed by atoms with Crippen LogP contribution in [0.15, 0.2) is 5.38 Å². The summed E-state index contributed by atoms with van der Waals surface area (Å²) in [6.45, 7) is 3.75. The van der Waals surface area contributed by atoms with Gasteiger partial charge in [-0.15, -0.1) is 11.3 Å². The van der Waals surface area contributed by atoms with Gasteiger partial charge in [0.2, 0.25) is 0 Å². The highest BCUT2D eigenvalue weighted by Gasteiger charge is 2.26. The lowest BCUT2D eigenvalue weighted by molar-refractivity contribution is -0.139. The molecular formula is C11H16N2O4S. The molecule has 1 heterocycles. The minimum Gasteiger partial charge on any atom is -0.476 e. The van der Waals surface area contributed by atoms with E-state index in [1.54, 1.807) is 13.8 Å². The van der Waals surface area contributed by atoms with Gasteiger partial charge in [0.15, 0.2) is 5.69 Å². The molecule has 1 aromatic rings. The van der Waals surface area contributed by atoms with Crippen LogP contribution in [0.4, 0.5) is 0 Å². The first-order valence-corrected chi connectivity index (χ1v) is 6.26. The molecule has 1 amide bonds. The van der Waals surface area contributed by atoms with Crippen LogP contribution >= 0.6 is 11.3 Å². The first-order chi connectivity index (χ1) is 8.36. The fourth-order valence-electron chi connectivity index (χ4n) is 1.11. The number of aromatic nitrogens is 1. The van der Waals surface area contributed by atoms with Crippen molar-refractivity contribution in [3.63, 3.8) is 0 Å². The van der Waals surface area contributed by atoms with Crippen LogP contribution in [0, 0.1) is 0 Å². The molecule has 0 aliphatic carbocycles. The van der Waals surface area contributed by atoms with E-state index in [1.165, 1.54) is 23.8 Å². The maximum absolute atomic E-state index is 11.7. The molecule has 0 bridgehead atoms. The predicted molar refractivity (Wildman–Crippen MR) is 66.9 cm³/mol. The maximum atomic E-state index is 11.7. The molecule has 1 aromatic heterocycles. The fourth-order valence-corrected chi connectivity index (χ4v) is 1.88. The molecule has 0 atom stereocenters. The second-order valence-electron chi connectivity index (χ2n) is 4.15. The Bertz CT molecular complexity index is 442. The number of hydrogen-bond acceptors (Lipinski definition) is 5. The van der Waals surface area contributed by atoms with Crippen molar-refractivity contribution in [1.29, 1.82) is 0 Å². The molecule has 0 aromatic carbocycles. The molecule has 18 heavy (non-hydrogen) atoms. The average molecular weight is 272 g/mol. The second kappa shape index (κ2) is 5.92. The summed E-state index contributed by atoms with van der Waals surface area (Å²) in [6.07, 6.45) is 0.503. The Hall–Kier alpha value is -1.47. The van der Waals surface area contributed by atoms with E-state index in [2.05, 4.69) is 10.3 Å². The smallest absolute Gasteiger partial charge is 0.355 e. The van der Waals surface area contributed by atoms with Crippen LogP contribution in [0.5, 0.6) is 0 Å². The van der Waals surface area contributed by atoms with E-state index in [-0.39, 0.29) is 11.6 Å². The molecule has 100 valence electrons. The van der Waals surface area contributed by atoms with Crippen molar-refractivity contribution in [2.45, 2.75) is 25.9 Å². The lowest BCUT2D eigenvalue weighted by atomic mass is 10.1. The molecule has 0 unspecified atom stereocenters. The lowest BCUT2D eigenvalue weighted by Crippen LogP contribution is -2.44. The van der Waals surface area contributed by atoms with Gasteiger partial charge in [0.25, 0.3) is 5.91 Å². The van der Waals surface area contributed by atoms with Crippen molar-refractivity contribution in [3.05, 3.63) is 16.1 Å². The molecule has 0 aliphatic heterocycles.